The molecule has 4 rings (SSSR count). The van der Waals surface area contributed by atoms with E-state index >= 15 is 0 Å². The van der Waals surface area contributed by atoms with E-state index in [2.05, 4.69) is 0 Å². The van der Waals surface area contributed by atoms with Gasteiger partial charge in [0.1, 0.15) is 11.6 Å². The van der Waals surface area contributed by atoms with Crippen LogP contribution in [0, 0.1) is 11.6 Å². The molecule has 0 unspecified atom stereocenters. The van der Waals surface area contributed by atoms with Gasteiger partial charge in [-0.05, 0) is 71.8 Å². The van der Waals surface area contributed by atoms with Crippen LogP contribution < -0.4 is 11.5 Å². The lowest BCUT2D eigenvalue weighted by Crippen LogP contribution is -2.07. The standard InChI is InChI=1S/C25H16Cl2F2N2O/c26-15-3-7-23(30)19(11-15)13-1-5-17(21(28)9-13)25(32)18-6-2-14(10-22(18)29)20-12-16(27)4-8-24(20)31/h1-12H,30-31H2. The van der Waals surface area contributed by atoms with Crippen molar-refractivity contribution in [1.82, 2.24) is 0 Å². The lowest BCUT2D eigenvalue weighted by atomic mass is 9.96. The number of ketones is 1. The minimum atomic E-state index is -0.797. The highest BCUT2D eigenvalue weighted by Crippen LogP contribution is 2.32. The van der Waals surface area contributed by atoms with Gasteiger partial charge >= 0.3 is 0 Å². The fourth-order valence-corrected chi connectivity index (χ4v) is 3.78. The molecular formula is C25H16Cl2F2N2O. The van der Waals surface area contributed by atoms with Gasteiger partial charge < -0.3 is 11.5 Å². The van der Waals surface area contributed by atoms with Gasteiger partial charge in [-0.3, -0.25) is 4.79 Å². The molecule has 0 aromatic heterocycles. The SMILES string of the molecule is Nc1ccc(Cl)cc1-c1ccc(C(=O)c2ccc(-c3cc(Cl)ccc3N)cc2F)c(F)c1. The molecule has 0 bridgehead atoms. The van der Waals surface area contributed by atoms with Gasteiger partial charge in [0.25, 0.3) is 0 Å². The fourth-order valence-electron chi connectivity index (χ4n) is 3.44. The van der Waals surface area contributed by atoms with Crippen LogP contribution in [0.2, 0.25) is 10.0 Å². The van der Waals surface area contributed by atoms with Crippen LogP contribution in [0.4, 0.5) is 20.2 Å². The number of benzene rings is 4. The van der Waals surface area contributed by atoms with Gasteiger partial charge in [-0.2, -0.15) is 0 Å². The lowest BCUT2D eigenvalue weighted by molar-refractivity contribution is 0.103. The molecule has 160 valence electrons. The molecule has 3 nitrogen and oxygen atoms in total. The number of hydrogen-bond acceptors (Lipinski definition) is 3. The molecule has 7 heteroatoms. The van der Waals surface area contributed by atoms with E-state index in [1.54, 1.807) is 36.4 Å². The highest BCUT2D eigenvalue weighted by molar-refractivity contribution is 6.31. The van der Waals surface area contributed by atoms with E-state index in [0.29, 0.717) is 43.7 Å². The second-order valence-corrected chi connectivity index (χ2v) is 8.05. The molecule has 0 atom stereocenters. The van der Waals surface area contributed by atoms with Crippen molar-refractivity contribution in [2.45, 2.75) is 0 Å². The monoisotopic (exact) mass is 468 g/mol. The minimum absolute atomic E-state index is 0.261. The van der Waals surface area contributed by atoms with E-state index < -0.39 is 17.4 Å². The number of carbonyl (C=O) groups excluding carboxylic acids is 1. The van der Waals surface area contributed by atoms with Crippen molar-refractivity contribution in [3.63, 3.8) is 0 Å². The van der Waals surface area contributed by atoms with Crippen LogP contribution in [0.5, 0.6) is 0 Å². The molecule has 4 aromatic rings. The summed E-state index contributed by atoms with van der Waals surface area (Å²) in [7, 11) is 0. The van der Waals surface area contributed by atoms with Gasteiger partial charge in [0.15, 0.2) is 5.78 Å². The summed E-state index contributed by atoms with van der Waals surface area (Å²) in [5.41, 5.74) is 14.2. The van der Waals surface area contributed by atoms with Crippen LogP contribution in [0.3, 0.4) is 0 Å². The molecule has 0 aliphatic carbocycles. The Kier molecular flexibility index (Phi) is 5.87. The topological polar surface area (TPSA) is 69.1 Å². The van der Waals surface area contributed by atoms with Crippen LogP contribution in [0.25, 0.3) is 22.3 Å². The summed E-state index contributed by atoms with van der Waals surface area (Å²) in [4.78, 5) is 12.9. The van der Waals surface area contributed by atoms with Gasteiger partial charge in [-0.1, -0.05) is 35.3 Å². The zero-order valence-corrected chi connectivity index (χ0v) is 18.0. The predicted octanol–water partition coefficient (Wildman–Crippen LogP) is 7.00. The maximum absolute atomic E-state index is 14.8. The summed E-state index contributed by atoms with van der Waals surface area (Å²) in [6.45, 7) is 0. The maximum atomic E-state index is 14.8. The van der Waals surface area contributed by atoms with E-state index in [0.717, 1.165) is 0 Å². The molecule has 0 heterocycles. The van der Waals surface area contributed by atoms with E-state index in [4.69, 9.17) is 34.7 Å². The van der Waals surface area contributed by atoms with Crippen molar-refractivity contribution in [2.75, 3.05) is 11.5 Å². The number of nitrogens with two attached hydrogens (primary N) is 2. The van der Waals surface area contributed by atoms with Crippen molar-refractivity contribution in [3.05, 3.63) is 106 Å². The molecular weight excluding hydrogens is 453 g/mol. The highest BCUT2D eigenvalue weighted by Gasteiger charge is 2.20. The molecule has 0 amide bonds. The van der Waals surface area contributed by atoms with Gasteiger partial charge in [0.05, 0.1) is 11.1 Å². The van der Waals surface area contributed by atoms with E-state index in [1.807, 2.05) is 0 Å². The van der Waals surface area contributed by atoms with Crippen molar-refractivity contribution in [1.29, 1.82) is 0 Å². The van der Waals surface area contributed by atoms with Crippen molar-refractivity contribution >= 4 is 40.4 Å². The van der Waals surface area contributed by atoms with Gasteiger partial charge in [-0.15, -0.1) is 0 Å². The highest BCUT2D eigenvalue weighted by atomic mass is 35.5. The van der Waals surface area contributed by atoms with Crippen LogP contribution in [-0.2, 0) is 0 Å². The summed E-state index contributed by atoms with van der Waals surface area (Å²) in [6.07, 6.45) is 0. The Morgan fingerprint density at radius 2 is 1.03 bits per heavy atom. The first-order valence-electron chi connectivity index (χ1n) is 9.49. The van der Waals surface area contributed by atoms with Crippen LogP contribution in [-0.4, -0.2) is 5.78 Å². The predicted molar refractivity (Wildman–Crippen MR) is 126 cm³/mol. The quantitative estimate of drug-likeness (QED) is 0.250. The zero-order valence-electron chi connectivity index (χ0n) is 16.5. The smallest absolute Gasteiger partial charge is 0.198 e. The third-order valence-electron chi connectivity index (χ3n) is 5.08. The summed E-state index contributed by atoms with van der Waals surface area (Å²) >= 11 is 12.0. The van der Waals surface area contributed by atoms with E-state index in [-0.39, 0.29) is 11.1 Å². The van der Waals surface area contributed by atoms with Crippen molar-refractivity contribution in [2.24, 2.45) is 0 Å². The van der Waals surface area contributed by atoms with Crippen molar-refractivity contribution in [3.8, 4) is 22.3 Å². The van der Waals surface area contributed by atoms with Crippen LogP contribution >= 0.6 is 23.2 Å². The number of rotatable bonds is 4. The van der Waals surface area contributed by atoms with Crippen LogP contribution in [0.1, 0.15) is 15.9 Å². The summed E-state index contributed by atoms with van der Waals surface area (Å²) < 4.78 is 29.7. The molecule has 4 aromatic carbocycles. The first-order valence-corrected chi connectivity index (χ1v) is 10.2. The second kappa shape index (κ2) is 8.61. The Hall–Kier alpha value is -3.41. The third kappa shape index (κ3) is 4.17. The lowest BCUT2D eigenvalue weighted by Gasteiger charge is -2.11. The first kappa shape index (κ1) is 21.8. The number of halogens is 4. The summed E-state index contributed by atoms with van der Waals surface area (Å²) in [6, 6.07) is 17.7. The zero-order chi connectivity index (χ0) is 23.0. The molecule has 0 saturated carbocycles. The Balaban J connectivity index is 1.69. The van der Waals surface area contributed by atoms with Crippen LogP contribution in [0.15, 0.2) is 72.8 Å². The van der Waals surface area contributed by atoms with E-state index in [9.17, 15) is 13.6 Å². The molecule has 0 aliphatic heterocycles. The number of carbonyl (C=O) groups is 1. The van der Waals surface area contributed by atoms with Gasteiger partial charge in [0, 0.05) is 32.5 Å². The summed E-state index contributed by atoms with van der Waals surface area (Å²) in [5, 5.41) is 0.884. The van der Waals surface area contributed by atoms with Gasteiger partial charge in [-0.25, -0.2) is 8.78 Å². The molecule has 0 radical (unpaired) electrons. The van der Waals surface area contributed by atoms with E-state index in [1.165, 1.54) is 36.4 Å². The number of anilines is 2. The Morgan fingerprint density at radius 1 is 0.625 bits per heavy atom. The molecule has 4 N–H and O–H groups in total. The molecule has 0 aliphatic rings. The number of hydrogen-bond donors (Lipinski definition) is 2. The largest absolute Gasteiger partial charge is 0.398 e. The Bertz CT molecular complexity index is 1270. The Labute approximate surface area is 193 Å². The average molecular weight is 469 g/mol. The average Bonchev–Trinajstić information content (AvgIpc) is 2.76. The minimum Gasteiger partial charge on any atom is -0.398 e. The molecule has 0 saturated heterocycles. The molecule has 32 heavy (non-hydrogen) atoms. The normalized spacial score (nSPS) is 10.9. The van der Waals surface area contributed by atoms with Gasteiger partial charge in [0.2, 0.25) is 0 Å². The maximum Gasteiger partial charge on any atom is 0.198 e. The summed E-state index contributed by atoms with van der Waals surface area (Å²) in [5.74, 6) is -2.37. The number of nitrogen functional groups attached to an aromatic ring is 2. The second-order valence-electron chi connectivity index (χ2n) is 7.18. The first-order chi connectivity index (χ1) is 15.2. The fraction of sp³-hybridized carbons (Fsp3) is 0. The molecule has 0 spiro atoms. The molecule has 0 fully saturated rings. The Morgan fingerprint density at radius 3 is 1.41 bits per heavy atom. The third-order valence-corrected chi connectivity index (χ3v) is 5.55. The van der Waals surface area contributed by atoms with Crippen molar-refractivity contribution < 1.29 is 13.6 Å².